The van der Waals surface area contributed by atoms with E-state index < -0.39 is 5.70 Å². The predicted molar refractivity (Wildman–Crippen MR) is 46.7 cm³/mol. The summed E-state index contributed by atoms with van der Waals surface area (Å²) in [5, 5.41) is 26.2. The molecule has 0 aromatic heterocycles. The molecule has 0 fully saturated rings. The van der Waals surface area contributed by atoms with Gasteiger partial charge in [0.05, 0.1) is 0 Å². The molecular formula is C9H6N3O+. The molecule has 4 heteroatoms. The molecule has 0 atom stereocenters. The summed E-state index contributed by atoms with van der Waals surface area (Å²) in [6.45, 7) is 0. The van der Waals surface area contributed by atoms with E-state index in [-0.39, 0.29) is 5.76 Å². The highest BCUT2D eigenvalue weighted by molar-refractivity contribution is 5.66. The van der Waals surface area contributed by atoms with Crippen LogP contribution in [-0.4, -0.2) is 5.11 Å². The highest BCUT2D eigenvalue weighted by Crippen LogP contribution is 2.15. The monoisotopic (exact) mass is 172 g/mol. The number of aliphatic hydroxyl groups excluding tert-OH is 1. The predicted octanol–water partition coefficient (Wildman–Crippen LogP) is 2.29. The largest absolute Gasteiger partial charge is 0.502 e. The maximum atomic E-state index is 9.38. The van der Waals surface area contributed by atoms with Crippen LogP contribution in [0.4, 0.5) is 0 Å². The minimum absolute atomic E-state index is 0.328. The Labute approximate surface area is 75.0 Å². The van der Waals surface area contributed by atoms with Gasteiger partial charge in [0.25, 0.3) is 0 Å². The quantitative estimate of drug-likeness (QED) is 0.401. The van der Waals surface area contributed by atoms with Gasteiger partial charge in [0.15, 0.2) is 11.0 Å². The summed E-state index contributed by atoms with van der Waals surface area (Å²) in [6.07, 6.45) is 0. The van der Waals surface area contributed by atoms with E-state index in [1.807, 2.05) is 0 Å². The molecule has 0 heterocycles. The topological polar surface area (TPSA) is 72.2 Å². The number of rotatable bonds is 1. The van der Waals surface area contributed by atoms with E-state index >= 15 is 0 Å². The van der Waals surface area contributed by atoms with Gasteiger partial charge in [0.1, 0.15) is 0 Å². The van der Waals surface area contributed by atoms with E-state index in [0.717, 1.165) is 0 Å². The first-order chi connectivity index (χ1) is 6.29. The van der Waals surface area contributed by atoms with E-state index in [2.05, 4.69) is 4.98 Å². The number of nitriles is 1. The summed E-state index contributed by atoms with van der Waals surface area (Å²) in [4.78, 5) is 2.65. The van der Waals surface area contributed by atoms with Crippen molar-refractivity contribution in [2.24, 2.45) is 0 Å². The molecule has 0 saturated heterocycles. The van der Waals surface area contributed by atoms with Gasteiger partial charge < -0.3 is 5.11 Å². The molecule has 0 radical (unpaired) electrons. The van der Waals surface area contributed by atoms with Crippen LogP contribution in [0.5, 0.6) is 0 Å². The standard InChI is InChI=1S/C9H5N3O/c10-6-8(12-11)9(13)7-4-2-1-3-5-7/h1-5H/p+1/b9-8+. The van der Waals surface area contributed by atoms with Crippen molar-refractivity contribution in [2.45, 2.75) is 0 Å². The van der Waals surface area contributed by atoms with E-state index in [9.17, 15) is 5.11 Å². The first-order valence-corrected chi connectivity index (χ1v) is 3.53. The van der Waals surface area contributed by atoms with Crippen LogP contribution >= 0.6 is 0 Å². The van der Waals surface area contributed by atoms with Gasteiger partial charge in [-0.2, -0.15) is 5.26 Å². The van der Waals surface area contributed by atoms with Gasteiger partial charge in [-0.15, -0.1) is 0 Å². The van der Waals surface area contributed by atoms with Crippen molar-refractivity contribution in [3.63, 3.8) is 0 Å². The molecule has 0 aliphatic rings. The molecule has 62 valence electrons. The van der Waals surface area contributed by atoms with Gasteiger partial charge in [0, 0.05) is 5.56 Å². The van der Waals surface area contributed by atoms with Crippen molar-refractivity contribution in [3.05, 3.63) is 46.6 Å². The van der Waals surface area contributed by atoms with Crippen molar-refractivity contribution < 1.29 is 5.11 Å². The first kappa shape index (κ1) is 8.76. The molecule has 0 unspecified atom stereocenters. The average Bonchev–Trinajstić information content (AvgIpc) is 2.21. The SMILES string of the molecule is N#C/C([N+]#N)=C(\O)c1ccccc1. The molecular weight excluding hydrogens is 166 g/mol. The lowest BCUT2D eigenvalue weighted by Crippen LogP contribution is -1.85. The van der Waals surface area contributed by atoms with Crippen LogP contribution in [0.2, 0.25) is 0 Å². The summed E-state index contributed by atoms with van der Waals surface area (Å²) in [5.41, 5.74) is 0.0445. The number of hydrogen-bond acceptors (Lipinski definition) is 3. The number of diazo groups is 1. The van der Waals surface area contributed by atoms with E-state index in [4.69, 9.17) is 10.7 Å². The van der Waals surface area contributed by atoms with Crippen molar-refractivity contribution in [3.8, 4) is 6.07 Å². The zero-order valence-electron chi connectivity index (χ0n) is 6.68. The number of allylic oxidation sites excluding steroid dienone is 1. The molecule has 0 aliphatic carbocycles. The second-order valence-corrected chi connectivity index (χ2v) is 2.28. The zero-order chi connectivity index (χ0) is 9.68. The Morgan fingerprint density at radius 3 is 2.38 bits per heavy atom. The molecule has 1 aromatic carbocycles. The highest BCUT2D eigenvalue weighted by Gasteiger charge is 2.18. The van der Waals surface area contributed by atoms with Crippen LogP contribution in [-0.2, 0) is 0 Å². The third kappa shape index (κ3) is 1.82. The van der Waals surface area contributed by atoms with Crippen molar-refractivity contribution in [2.75, 3.05) is 0 Å². The molecule has 1 N–H and O–H groups in total. The average molecular weight is 172 g/mol. The first-order valence-electron chi connectivity index (χ1n) is 3.53. The number of benzene rings is 1. The second kappa shape index (κ2) is 3.89. The third-order valence-electron chi connectivity index (χ3n) is 1.48. The minimum atomic E-state index is -0.397. The van der Waals surface area contributed by atoms with Crippen LogP contribution in [0.3, 0.4) is 0 Å². The fraction of sp³-hybridized carbons (Fsp3) is 0. The van der Waals surface area contributed by atoms with Gasteiger partial charge in [-0.3, -0.25) is 0 Å². The summed E-state index contributed by atoms with van der Waals surface area (Å²) < 4.78 is 0. The Morgan fingerprint density at radius 2 is 1.92 bits per heavy atom. The molecule has 0 spiro atoms. The van der Waals surface area contributed by atoms with Gasteiger partial charge in [-0.05, 0) is 0 Å². The summed E-state index contributed by atoms with van der Waals surface area (Å²) in [6, 6.07) is 9.97. The normalized spacial score (nSPS) is 10.9. The number of nitrogens with zero attached hydrogens (tertiary/aromatic N) is 3. The molecule has 1 rings (SSSR count). The molecule has 0 aliphatic heterocycles. The Kier molecular flexibility index (Phi) is 2.62. The number of hydrogen-bond donors (Lipinski definition) is 1. The Bertz CT molecular complexity index is 393. The van der Waals surface area contributed by atoms with E-state index in [1.165, 1.54) is 0 Å². The molecule has 0 bridgehead atoms. The molecule has 1 aromatic rings. The smallest absolute Gasteiger partial charge is 0.500 e. The maximum absolute atomic E-state index is 9.38. The fourth-order valence-corrected chi connectivity index (χ4v) is 0.855. The van der Waals surface area contributed by atoms with E-state index in [0.29, 0.717) is 5.56 Å². The second-order valence-electron chi connectivity index (χ2n) is 2.28. The Morgan fingerprint density at radius 1 is 1.31 bits per heavy atom. The number of aliphatic hydroxyl groups is 1. The van der Waals surface area contributed by atoms with Gasteiger partial charge in [-0.1, -0.05) is 30.3 Å². The van der Waals surface area contributed by atoms with Crippen LogP contribution in [0.25, 0.3) is 10.7 Å². The van der Waals surface area contributed by atoms with Crippen LogP contribution in [0, 0.1) is 16.7 Å². The lowest BCUT2D eigenvalue weighted by molar-refractivity contribution is 0.509. The highest BCUT2D eigenvalue weighted by atomic mass is 16.3. The van der Waals surface area contributed by atoms with Crippen LogP contribution in [0.1, 0.15) is 5.56 Å². The molecule has 13 heavy (non-hydrogen) atoms. The van der Waals surface area contributed by atoms with Gasteiger partial charge >= 0.3 is 5.70 Å². The van der Waals surface area contributed by atoms with Crippen molar-refractivity contribution in [1.29, 1.82) is 10.7 Å². The third-order valence-corrected chi connectivity index (χ3v) is 1.48. The Hall–Kier alpha value is -2.33. The van der Waals surface area contributed by atoms with Crippen molar-refractivity contribution in [1.82, 2.24) is 0 Å². The molecule has 0 amide bonds. The summed E-state index contributed by atoms with van der Waals surface area (Å²) in [7, 11) is 0. The van der Waals surface area contributed by atoms with Gasteiger partial charge in [0.2, 0.25) is 11.2 Å². The van der Waals surface area contributed by atoms with Crippen LogP contribution < -0.4 is 0 Å². The van der Waals surface area contributed by atoms with Crippen molar-refractivity contribution >= 4 is 5.76 Å². The minimum Gasteiger partial charge on any atom is -0.500 e. The summed E-state index contributed by atoms with van der Waals surface area (Å²) >= 11 is 0. The van der Waals surface area contributed by atoms with E-state index in [1.54, 1.807) is 36.4 Å². The lowest BCUT2D eigenvalue weighted by atomic mass is 10.1. The van der Waals surface area contributed by atoms with Crippen LogP contribution in [0.15, 0.2) is 36.0 Å². The molecule has 4 nitrogen and oxygen atoms in total. The maximum Gasteiger partial charge on any atom is 0.502 e. The Balaban J connectivity index is 3.21. The fourth-order valence-electron chi connectivity index (χ4n) is 0.855. The zero-order valence-corrected chi connectivity index (χ0v) is 6.68. The molecule has 0 saturated carbocycles. The lowest BCUT2D eigenvalue weighted by Gasteiger charge is -1.92. The summed E-state index contributed by atoms with van der Waals surface area (Å²) in [5.74, 6) is -0.328. The van der Waals surface area contributed by atoms with Gasteiger partial charge in [-0.25, -0.2) is 0 Å².